The maximum atomic E-state index is 14.3. The Kier molecular flexibility index (Phi) is 8.29. The summed E-state index contributed by atoms with van der Waals surface area (Å²) in [6.07, 6.45) is 4.99. The molecular weight excluding hydrogens is 562 g/mol. The lowest BCUT2D eigenvalue weighted by molar-refractivity contribution is -0.153. The minimum absolute atomic E-state index is 0.0862. The second kappa shape index (κ2) is 12.3. The number of nitrogens with zero attached hydrogens (tertiary/aromatic N) is 5. The van der Waals surface area contributed by atoms with Crippen molar-refractivity contribution in [3.05, 3.63) is 70.5 Å². The Morgan fingerprint density at radius 3 is 2.52 bits per heavy atom. The van der Waals surface area contributed by atoms with Crippen molar-refractivity contribution in [3.63, 3.8) is 0 Å². The first-order chi connectivity index (χ1) is 21.3. The zero-order valence-electron chi connectivity index (χ0n) is 25.4. The fourth-order valence-electron chi connectivity index (χ4n) is 6.95. The van der Waals surface area contributed by atoms with Crippen LogP contribution in [-0.4, -0.2) is 67.9 Å². The molecule has 6 rings (SSSR count). The highest BCUT2D eigenvalue weighted by atomic mass is 16.5. The van der Waals surface area contributed by atoms with E-state index in [1.54, 1.807) is 21.6 Å². The molecule has 3 aromatic rings. The molecule has 0 radical (unpaired) electrons. The van der Waals surface area contributed by atoms with E-state index < -0.39 is 23.8 Å². The van der Waals surface area contributed by atoms with E-state index in [1.165, 1.54) is 0 Å². The smallest absolute Gasteiger partial charge is 0.307 e. The van der Waals surface area contributed by atoms with Gasteiger partial charge in [0.15, 0.2) is 0 Å². The van der Waals surface area contributed by atoms with Gasteiger partial charge in [0.1, 0.15) is 23.8 Å². The number of aromatic nitrogens is 3. The molecule has 1 saturated carbocycles. The molecule has 3 heterocycles. The number of aliphatic carboxylic acids is 1. The summed E-state index contributed by atoms with van der Waals surface area (Å²) in [5.41, 5.74) is 3.98. The van der Waals surface area contributed by atoms with Gasteiger partial charge in [0.05, 0.1) is 31.2 Å². The second-order valence-electron chi connectivity index (χ2n) is 12.2. The third kappa shape index (κ3) is 5.51. The molecule has 3 aliphatic rings. The molecule has 232 valence electrons. The van der Waals surface area contributed by atoms with Crippen LogP contribution in [0.3, 0.4) is 0 Å². The predicted octanol–water partition coefficient (Wildman–Crippen LogP) is 4.42. The van der Waals surface area contributed by atoms with Crippen molar-refractivity contribution in [1.29, 1.82) is 0 Å². The number of carboxylic acids is 1. The van der Waals surface area contributed by atoms with Crippen LogP contribution in [0.25, 0.3) is 0 Å². The number of fused-ring (bicyclic) bond motifs is 2. The van der Waals surface area contributed by atoms with Gasteiger partial charge >= 0.3 is 5.97 Å². The van der Waals surface area contributed by atoms with Crippen LogP contribution >= 0.6 is 0 Å². The molecule has 11 nitrogen and oxygen atoms in total. The Hall–Kier alpha value is -4.41. The summed E-state index contributed by atoms with van der Waals surface area (Å²) in [5, 5.41) is 18.4. The highest BCUT2D eigenvalue weighted by molar-refractivity contribution is 5.98. The summed E-state index contributed by atoms with van der Waals surface area (Å²) in [6.45, 7) is 5.27. The number of hydrogen-bond acceptors (Lipinski definition) is 7. The van der Waals surface area contributed by atoms with Crippen LogP contribution in [0.2, 0.25) is 0 Å². The summed E-state index contributed by atoms with van der Waals surface area (Å²) in [5.74, 6) is -1.26. The largest absolute Gasteiger partial charge is 0.496 e. The Morgan fingerprint density at radius 2 is 1.82 bits per heavy atom. The van der Waals surface area contributed by atoms with E-state index in [0.29, 0.717) is 55.1 Å². The molecule has 1 unspecified atom stereocenters. The van der Waals surface area contributed by atoms with E-state index in [-0.39, 0.29) is 31.0 Å². The molecule has 0 spiro atoms. The number of methoxy groups -OCH3 is 1. The first-order valence-corrected chi connectivity index (χ1v) is 15.4. The monoisotopic (exact) mass is 601 g/mol. The topological polar surface area (TPSA) is 127 Å². The average Bonchev–Trinajstić information content (AvgIpc) is 3.64. The first kappa shape index (κ1) is 29.7. The molecular formula is C33H39N5O6. The molecule has 1 aliphatic carbocycles. The van der Waals surface area contributed by atoms with E-state index >= 15 is 0 Å². The maximum absolute atomic E-state index is 14.3. The molecule has 1 aromatic heterocycles. The zero-order valence-corrected chi connectivity index (χ0v) is 25.4. The van der Waals surface area contributed by atoms with Gasteiger partial charge in [-0.1, -0.05) is 36.3 Å². The Bertz CT molecular complexity index is 1570. The fourth-order valence-corrected chi connectivity index (χ4v) is 6.95. The minimum atomic E-state index is -0.928. The molecule has 2 amide bonds. The van der Waals surface area contributed by atoms with Crippen LogP contribution in [0.5, 0.6) is 11.5 Å². The summed E-state index contributed by atoms with van der Waals surface area (Å²) in [6, 6.07) is 10.9. The molecule has 2 aliphatic heterocycles. The van der Waals surface area contributed by atoms with Crippen LogP contribution in [0, 0.1) is 11.8 Å². The highest BCUT2D eigenvalue weighted by Crippen LogP contribution is 2.44. The van der Waals surface area contributed by atoms with Crippen molar-refractivity contribution < 1.29 is 29.0 Å². The standard InChI is InChI=1S/C33H39N5O6/c1-20(2)38-17-22(34-35-38)19-44-29-13-12-28(43-3)26-14-15-37(32(40)24-10-6-7-11-25(24)33(41)42)27(30(26)29)18-36-16-21-8-4-5-9-23(21)31(36)39/h4-5,8-9,12-13,17,20,24-25,27H,6-7,10-11,14-16,18-19H2,1-3H3,(H,41,42)/t24?,25-,27-/m1/s1. The number of rotatable bonds is 9. The molecule has 0 bridgehead atoms. The summed E-state index contributed by atoms with van der Waals surface area (Å²) >= 11 is 0. The molecule has 0 saturated heterocycles. The summed E-state index contributed by atoms with van der Waals surface area (Å²) in [7, 11) is 1.62. The molecule has 1 fully saturated rings. The Morgan fingerprint density at radius 1 is 1.07 bits per heavy atom. The SMILES string of the molecule is COc1ccc(OCc2cn(C(C)C)nn2)c2c1CCN(C(=O)C1CCCC[C@H]1C(=O)O)[C@@H]2CN1Cc2ccccc2C1=O. The van der Waals surface area contributed by atoms with Crippen LogP contribution in [0.15, 0.2) is 42.6 Å². The van der Waals surface area contributed by atoms with Crippen molar-refractivity contribution in [2.45, 2.75) is 71.2 Å². The Labute approximate surface area is 256 Å². The minimum Gasteiger partial charge on any atom is -0.496 e. The molecule has 2 aromatic carbocycles. The zero-order chi connectivity index (χ0) is 31.0. The highest BCUT2D eigenvalue weighted by Gasteiger charge is 2.44. The van der Waals surface area contributed by atoms with E-state index in [9.17, 15) is 19.5 Å². The van der Waals surface area contributed by atoms with Gasteiger partial charge in [0, 0.05) is 42.4 Å². The van der Waals surface area contributed by atoms with Crippen LogP contribution in [0.1, 0.15) is 84.4 Å². The van der Waals surface area contributed by atoms with Gasteiger partial charge in [-0.15, -0.1) is 5.10 Å². The van der Waals surface area contributed by atoms with Crippen molar-refractivity contribution in [1.82, 2.24) is 24.8 Å². The number of amides is 2. The number of carbonyl (C=O) groups is 3. The van der Waals surface area contributed by atoms with Gasteiger partial charge in [-0.3, -0.25) is 14.4 Å². The van der Waals surface area contributed by atoms with Gasteiger partial charge < -0.3 is 24.4 Å². The van der Waals surface area contributed by atoms with Crippen LogP contribution < -0.4 is 9.47 Å². The lowest BCUT2D eigenvalue weighted by Gasteiger charge is -2.43. The lowest BCUT2D eigenvalue weighted by atomic mass is 9.77. The van der Waals surface area contributed by atoms with Gasteiger partial charge in [-0.2, -0.15) is 0 Å². The summed E-state index contributed by atoms with van der Waals surface area (Å²) in [4.78, 5) is 43.7. The number of carbonyl (C=O) groups excluding carboxylic acids is 2. The molecule has 1 N–H and O–H groups in total. The van der Waals surface area contributed by atoms with Crippen molar-refractivity contribution >= 4 is 17.8 Å². The quantitative estimate of drug-likeness (QED) is 0.382. The van der Waals surface area contributed by atoms with Gasteiger partial charge in [-0.25, -0.2) is 4.68 Å². The van der Waals surface area contributed by atoms with Gasteiger partial charge in [-0.05, 0) is 56.9 Å². The number of benzene rings is 2. The second-order valence-corrected chi connectivity index (χ2v) is 12.2. The lowest BCUT2D eigenvalue weighted by Crippen LogP contribution is -2.50. The number of ether oxygens (including phenoxy) is 2. The van der Waals surface area contributed by atoms with Crippen molar-refractivity contribution in [2.24, 2.45) is 11.8 Å². The third-order valence-electron chi connectivity index (χ3n) is 9.24. The number of hydrogen-bond donors (Lipinski definition) is 1. The fraction of sp³-hybridized carbons (Fsp3) is 0.485. The van der Waals surface area contributed by atoms with E-state index in [4.69, 9.17) is 9.47 Å². The first-order valence-electron chi connectivity index (χ1n) is 15.4. The van der Waals surface area contributed by atoms with Gasteiger partial charge in [0.25, 0.3) is 5.91 Å². The molecule has 44 heavy (non-hydrogen) atoms. The normalized spacial score (nSPS) is 21.3. The number of carboxylic acid groups (broad SMARTS) is 1. The Balaban J connectivity index is 1.38. The van der Waals surface area contributed by atoms with Crippen molar-refractivity contribution in [3.8, 4) is 11.5 Å². The van der Waals surface area contributed by atoms with Gasteiger partial charge in [0.2, 0.25) is 5.91 Å². The van der Waals surface area contributed by atoms with Crippen molar-refractivity contribution in [2.75, 3.05) is 20.2 Å². The van der Waals surface area contributed by atoms with Crippen LogP contribution in [-0.2, 0) is 29.2 Å². The van der Waals surface area contributed by atoms with E-state index in [0.717, 1.165) is 29.5 Å². The summed E-state index contributed by atoms with van der Waals surface area (Å²) < 4.78 is 13.9. The molecule has 11 heteroatoms. The molecule has 3 atom stereocenters. The predicted molar refractivity (Wildman–Crippen MR) is 160 cm³/mol. The van der Waals surface area contributed by atoms with E-state index in [1.807, 2.05) is 56.4 Å². The van der Waals surface area contributed by atoms with E-state index in [2.05, 4.69) is 10.3 Å². The maximum Gasteiger partial charge on any atom is 0.307 e. The third-order valence-corrected chi connectivity index (χ3v) is 9.24. The van der Waals surface area contributed by atoms with Crippen LogP contribution in [0.4, 0.5) is 0 Å². The average molecular weight is 602 g/mol.